The lowest BCUT2D eigenvalue weighted by Gasteiger charge is -2.22. The highest BCUT2D eigenvalue weighted by Crippen LogP contribution is 2.26. The topological polar surface area (TPSA) is 53.9 Å². The van der Waals surface area contributed by atoms with Gasteiger partial charge < -0.3 is 10.2 Å². The van der Waals surface area contributed by atoms with E-state index in [1.165, 1.54) is 11.3 Å². The average molecular weight is 317 g/mol. The first kappa shape index (κ1) is 14.6. The molecule has 0 spiro atoms. The Hall–Kier alpha value is -2.95. The van der Waals surface area contributed by atoms with Gasteiger partial charge >= 0.3 is 0 Å². The molecule has 0 amide bonds. The number of pyridine rings is 1. The van der Waals surface area contributed by atoms with Gasteiger partial charge in [-0.2, -0.15) is 0 Å². The summed E-state index contributed by atoms with van der Waals surface area (Å²) >= 11 is 0. The van der Waals surface area contributed by atoms with Crippen molar-refractivity contribution in [2.24, 2.45) is 0 Å². The number of aryl methyl sites for hydroxylation is 1. The molecule has 1 aliphatic heterocycles. The molecule has 0 bridgehead atoms. The highest BCUT2D eigenvalue weighted by molar-refractivity contribution is 5.63. The van der Waals surface area contributed by atoms with Gasteiger partial charge in [-0.3, -0.25) is 4.98 Å². The van der Waals surface area contributed by atoms with Gasteiger partial charge in [0.2, 0.25) is 0 Å². The van der Waals surface area contributed by atoms with E-state index in [9.17, 15) is 0 Å². The number of aromatic nitrogens is 3. The number of hydrogen-bond acceptors (Lipinski definition) is 5. The molecule has 5 heteroatoms. The smallest absolute Gasteiger partial charge is 0.133 e. The minimum atomic E-state index is 0.775. The molecule has 0 unspecified atom stereocenters. The summed E-state index contributed by atoms with van der Waals surface area (Å²) in [4.78, 5) is 15.7. The van der Waals surface area contributed by atoms with Crippen LogP contribution >= 0.6 is 0 Å². The predicted molar refractivity (Wildman–Crippen MR) is 96.0 cm³/mol. The summed E-state index contributed by atoms with van der Waals surface area (Å²) < 4.78 is 0. The Labute approximate surface area is 141 Å². The quantitative estimate of drug-likeness (QED) is 0.786. The van der Waals surface area contributed by atoms with E-state index < -0.39 is 0 Å². The second kappa shape index (κ2) is 6.28. The first-order valence-corrected chi connectivity index (χ1v) is 8.12. The Kier molecular flexibility index (Phi) is 3.83. The lowest BCUT2D eigenvalue weighted by Crippen LogP contribution is -2.26. The fourth-order valence-electron chi connectivity index (χ4n) is 3.01. The van der Waals surface area contributed by atoms with Gasteiger partial charge in [0.15, 0.2) is 0 Å². The summed E-state index contributed by atoms with van der Waals surface area (Å²) in [7, 11) is 0. The predicted octanol–water partition coefficient (Wildman–Crippen LogP) is 3.28. The largest absolute Gasteiger partial charge is 0.383 e. The van der Waals surface area contributed by atoms with Gasteiger partial charge in [0.25, 0.3) is 0 Å². The second-order valence-corrected chi connectivity index (χ2v) is 5.91. The summed E-state index contributed by atoms with van der Waals surface area (Å²) in [5.41, 5.74) is 4.42. The molecule has 0 fully saturated rings. The number of para-hydroxylation sites is 1. The van der Waals surface area contributed by atoms with Gasteiger partial charge in [0.1, 0.15) is 11.6 Å². The number of nitrogens with zero attached hydrogens (tertiary/aromatic N) is 4. The third kappa shape index (κ3) is 2.93. The molecule has 1 N–H and O–H groups in total. The van der Waals surface area contributed by atoms with E-state index in [-0.39, 0.29) is 0 Å². The van der Waals surface area contributed by atoms with Crippen molar-refractivity contribution in [3.8, 4) is 11.3 Å². The Morgan fingerprint density at radius 3 is 2.88 bits per heavy atom. The molecular weight excluding hydrogens is 298 g/mol. The lowest BCUT2D eigenvalue weighted by molar-refractivity contribution is 0.802. The zero-order chi connectivity index (χ0) is 16.4. The van der Waals surface area contributed by atoms with Gasteiger partial charge in [-0.05, 0) is 30.7 Å². The van der Waals surface area contributed by atoms with E-state index >= 15 is 0 Å². The van der Waals surface area contributed by atoms with Gasteiger partial charge in [0, 0.05) is 49.3 Å². The standard InChI is InChI=1S/C19H19N5/c1-14-22-18(15-6-4-8-20-12-15)11-19(23-14)24-10-9-21-17-7-3-2-5-16(17)13-24/h2-8,11-12,21H,9-10,13H2,1H3. The van der Waals surface area contributed by atoms with Crippen molar-refractivity contribution < 1.29 is 0 Å². The van der Waals surface area contributed by atoms with Crippen LogP contribution < -0.4 is 10.2 Å². The van der Waals surface area contributed by atoms with Crippen LogP contribution in [-0.4, -0.2) is 28.0 Å². The minimum absolute atomic E-state index is 0.775. The molecule has 3 heterocycles. The summed E-state index contributed by atoms with van der Waals surface area (Å²) in [6.07, 6.45) is 3.61. The van der Waals surface area contributed by atoms with Crippen LogP contribution in [0.5, 0.6) is 0 Å². The Morgan fingerprint density at radius 1 is 1.08 bits per heavy atom. The Morgan fingerprint density at radius 2 is 2.00 bits per heavy atom. The normalized spacial score (nSPS) is 13.8. The fraction of sp³-hybridized carbons (Fsp3) is 0.211. The third-order valence-corrected chi connectivity index (χ3v) is 4.18. The van der Waals surface area contributed by atoms with Gasteiger partial charge in [-0.25, -0.2) is 9.97 Å². The highest BCUT2D eigenvalue weighted by Gasteiger charge is 2.16. The van der Waals surface area contributed by atoms with Crippen molar-refractivity contribution in [3.63, 3.8) is 0 Å². The molecule has 4 rings (SSSR count). The summed E-state index contributed by atoms with van der Waals surface area (Å²) in [6.45, 7) is 4.57. The lowest BCUT2D eigenvalue weighted by atomic mass is 10.1. The van der Waals surface area contributed by atoms with Crippen molar-refractivity contribution in [3.05, 3.63) is 66.2 Å². The monoisotopic (exact) mass is 317 g/mol. The number of rotatable bonds is 2. The molecule has 2 aromatic heterocycles. The van der Waals surface area contributed by atoms with E-state index in [1.807, 2.05) is 25.3 Å². The van der Waals surface area contributed by atoms with Gasteiger partial charge in [0.05, 0.1) is 5.69 Å². The molecular formula is C19H19N5. The molecule has 24 heavy (non-hydrogen) atoms. The van der Waals surface area contributed by atoms with Gasteiger partial charge in [-0.15, -0.1) is 0 Å². The maximum absolute atomic E-state index is 4.66. The summed E-state index contributed by atoms with van der Waals surface area (Å²) in [5, 5.41) is 3.49. The van der Waals surface area contributed by atoms with Crippen molar-refractivity contribution >= 4 is 11.5 Å². The highest BCUT2D eigenvalue weighted by atomic mass is 15.2. The molecule has 1 aromatic carbocycles. The van der Waals surface area contributed by atoms with Crippen molar-refractivity contribution in [2.45, 2.75) is 13.5 Å². The first-order chi connectivity index (χ1) is 11.8. The maximum atomic E-state index is 4.66. The molecule has 1 aliphatic rings. The maximum Gasteiger partial charge on any atom is 0.133 e. The third-order valence-electron chi connectivity index (χ3n) is 4.18. The van der Waals surface area contributed by atoms with Crippen LogP contribution in [0.3, 0.4) is 0 Å². The SMILES string of the molecule is Cc1nc(-c2cccnc2)cc(N2CCNc3ccccc3C2)n1. The molecule has 0 atom stereocenters. The number of fused-ring (bicyclic) bond motifs is 1. The van der Waals surface area contributed by atoms with Crippen molar-refractivity contribution in [1.82, 2.24) is 15.0 Å². The fourth-order valence-corrected chi connectivity index (χ4v) is 3.01. The molecule has 120 valence electrons. The number of anilines is 2. The Balaban J connectivity index is 1.70. The molecule has 0 radical (unpaired) electrons. The molecule has 0 saturated heterocycles. The van der Waals surface area contributed by atoms with Crippen LogP contribution in [-0.2, 0) is 6.54 Å². The molecule has 0 saturated carbocycles. The Bertz CT molecular complexity index is 847. The van der Waals surface area contributed by atoms with E-state index in [0.717, 1.165) is 42.5 Å². The number of nitrogens with one attached hydrogen (secondary N) is 1. The first-order valence-electron chi connectivity index (χ1n) is 8.12. The van der Waals surface area contributed by atoms with Crippen LogP contribution in [0.4, 0.5) is 11.5 Å². The van der Waals surface area contributed by atoms with Gasteiger partial charge in [-0.1, -0.05) is 18.2 Å². The average Bonchev–Trinajstić information content (AvgIpc) is 2.84. The van der Waals surface area contributed by atoms with E-state index in [0.29, 0.717) is 0 Å². The van der Waals surface area contributed by atoms with Crippen molar-refractivity contribution in [1.29, 1.82) is 0 Å². The second-order valence-electron chi connectivity index (χ2n) is 5.91. The van der Waals surface area contributed by atoms with E-state index in [4.69, 9.17) is 0 Å². The van der Waals surface area contributed by atoms with Crippen LogP contribution in [0.25, 0.3) is 11.3 Å². The summed E-state index contributed by atoms with van der Waals surface area (Å²) in [5.74, 6) is 1.73. The number of benzene rings is 1. The summed E-state index contributed by atoms with van der Waals surface area (Å²) in [6, 6.07) is 14.4. The number of hydrogen-bond donors (Lipinski definition) is 1. The van der Waals surface area contributed by atoms with Crippen LogP contribution in [0, 0.1) is 6.92 Å². The minimum Gasteiger partial charge on any atom is -0.383 e. The van der Waals surface area contributed by atoms with Crippen LogP contribution in [0.2, 0.25) is 0 Å². The van der Waals surface area contributed by atoms with Crippen LogP contribution in [0.1, 0.15) is 11.4 Å². The zero-order valence-electron chi connectivity index (χ0n) is 13.6. The zero-order valence-corrected chi connectivity index (χ0v) is 13.6. The van der Waals surface area contributed by atoms with Crippen molar-refractivity contribution in [2.75, 3.05) is 23.3 Å². The van der Waals surface area contributed by atoms with E-state index in [2.05, 4.69) is 55.5 Å². The molecule has 5 nitrogen and oxygen atoms in total. The molecule has 3 aromatic rings. The van der Waals surface area contributed by atoms with Crippen LogP contribution in [0.15, 0.2) is 54.9 Å². The molecule has 0 aliphatic carbocycles. The van der Waals surface area contributed by atoms with E-state index in [1.54, 1.807) is 6.20 Å².